The minimum atomic E-state index is -0.413. The number of fused-ring (bicyclic) bond motifs is 1. The molecule has 0 aromatic heterocycles. The van der Waals surface area contributed by atoms with Crippen LogP contribution >= 0.6 is 0 Å². The fourth-order valence-corrected chi connectivity index (χ4v) is 2.46. The van der Waals surface area contributed by atoms with Gasteiger partial charge in [-0.05, 0) is 30.7 Å². The number of hydrogen-bond donors (Lipinski definition) is 0. The van der Waals surface area contributed by atoms with Gasteiger partial charge in [-0.15, -0.1) is 0 Å². The van der Waals surface area contributed by atoms with Crippen LogP contribution in [0.2, 0.25) is 0 Å². The second-order valence-corrected chi connectivity index (χ2v) is 5.39. The van der Waals surface area contributed by atoms with Crippen molar-refractivity contribution in [3.8, 4) is 11.5 Å². The lowest BCUT2D eigenvalue weighted by atomic mass is 10.1. The van der Waals surface area contributed by atoms with Crippen LogP contribution in [0.3, 0.4) is 0 Å². The minimum absolute atomic E-state index is 0.180. The fourth-order valence-electron chi connectivity index (χ4n) is 2.46. The highest BCUT2D eigenvalue weighted by atomic mass is 16.5. The van der Waals surface area contributed by atoms with Gasteiger partial charge in [0.1, 0.15) is 11.5 Å². The number of carbonyl (C=O) groups is 2. The van der Waals surface area contributed by atoms with Crippen molar-refractivity contribution in [1.82, 2.24) is 0 Å². The number of Topliss-reactive ketones (excluding diaryl/α,β-unsaturated/α-hetero) is 1. The van der Waals surface area contributed by atoms with E-state index in [0.717, 1.165) is 5.56 Å². The quantitative estimate of drug-likeness (QED) is 0.485. The zero-order chi connectivity index (χ0) is 17.1. The van der Waals surface area contributed by atoms with Crippen LogP contribution in [0.1, 0.15) is 28.4 Å². The highest BCUT2D eigenvalue weighted by molar-refractivity contribution is 6.13. The van der Waals surface area contributed by atoms with E-state index >= 15 is 0 Å². The van der Waals surface area contributed by atoms with Crippen molar-refractivity contribution in [3.05, 3.63) is 77.1 Å². The molecule has 0 radical (unpaired) electrons. The Hall–Kier alpha value is -3.14. The summed E-state index contributed by atoms with van der Waals surface area (Å²) < 4.78 is 10.8. The molecular weight excluding hydrogens is 304 g/mol. The van der Waals surface area contributed by atoms with Crippen molar-refractivity contribution in [1.29, 1.82) is 0 Å². The summed E-state index contributed by atoms with van der Waals surface area (Å²) in [5.74, 6) is 0.498. The van der Waals surface area contributed by atoms with Gasteiger partial charge in [0.25, 0.3) is 0 Å². The van der Waals surface area contributed by atoms with Gasteiger partial charge in [-0.25, -0.2) is 0 Å². The lowest BCUT2D eigenvalue weighted by molar-refractivity contribution is -0.131. The van der Waals surface area contributed by atoms with Crippen molar-refractivity contribution in [2.45, 2.75) is 13.8 Å². The van der Waals surface area contributed by atoms with E-state index in [-0.39, 0.29) is 11.5 Å². The molecule has 0 unspecified atom stereocenters. The molecule has 0 amide bonds. The van der Waals surface area contributed by atoms with E-state index in [1.54, 1.807) is 31.2 Å². The van der Waals surface area contributed by atoms with Gasteiger partial charge in [-0.3, -0.25) is 9.59 Å². The second kappa shape index (κ2) is 6.54. The van der Waals surface area contributed by atoms with Crippen molar-refractivity contribution < 1.29 is 19.1 Å². The van der Waals surface area contributed by atoms with Gasteiger partial charge in [-0.1, -0.05) is 42.5 Å². The SMILES string of the molecule is CC(=O)Oc1ccc2c(c1C)O/C(=C\C=C\c1ccccc1)C2=O. The molecule has 120 valence electrons. The molecule has 2 aromatic carbocycles. The normalized spacial score (nSPS) is 14.8. The lowest BCUT2D eigenvalue weighted by Crippen LogP contribution is -2.03. The second-order valence-electron chi connectivity index (χ2n) is 5.39. The Morgan fingerprint density at radius 3 is 2.58 bits per heavy atom. The molecule has 0 N–H and O–H groups in total. The fraction of sp³-hybridized carbons (Fsp3) is 0.100. The molecule has 1 aliphatic rings. The number of benzene rings is 2. The Bertz CT molecular complexity index is 861. The van der Waals surface area contributed by atoms with Crippen molar-refractivity contribution in [2.24, 2.45) is 0 Å². The summed E-state index contributed by atoms with van der Waals surface area (Å²) in [6.45, 7) is 3.09. The van der Waals surface area contributed by atoms with Gasteiger partial charge in [-0.2, -0.15) is 0 Å². The number of carbonyl (C=O) groups excluding carboxylic acids is 2. The van der Waals surface area contributed by atoms with Crippen LogP contribution in [0.5, 0.6) is 11.5 Å². The molecule has 1 aliphatic heterocycles. The minimum Gasteiger partial charge on any atom is -0.452 e. The maximum absolute atomic E-state index is 12.4. The zero-order valence-electron chi connectivity index (χ0n) is 13.4. The van der Waals surface area contributed by atoms with E-state index in [9.17, 15) is 9.59 Å². The van der Waals surface area contributed by atoms with Crippen molar-refractivity contribution in [3.63, 3.8) is 0 Å². The maximum atomic E-state index is 12.4. The van der Waals surface area contributed by atoms with Crippen molar-refractivity contribution >= 4 is 17.8 Å². The molecule has 4 nitrogen and oxygen atoms in total. The predicted molar refractivity (Wildman–Crippen MR) is 91.0 cm³/mol. The average molecular weight is 320 g/mol. The van der Waals surface area contributed by atoms with Gasteiger partial charge >= 0.3 is 5.97 Å². The number of hydrogen-bond acceptors (Lipinski definition) is 4. The van der Waals surface area contributed by atoms with Crippen LogP contribution in [-0.2, 0) is 4.79 Å². The first-order valence-corrected chi connectivity index (χ1v) is 7.54. The highest BCUT2D eigenvalue weighted by Crippen LogP contribution is 2.38. The molecule has 4 heteroatoms. The summed E-state index contributed by atoms with van der Waals surface area (Å²) in [5.41, 5.74) is 2.14. The molecule has 1 heterocycles. The Morgan fingerprint density at radius 2 is 1.88 bits per heavy atom. The standard InChI is InChI=1S/C20H16O4/c1-13-17(23-14(2)21)12-11-16-19(22)18(24-20(13)16)10-6-9-15-7-4-3-5-8-15/h3-12H,1-2H3/b9-6+,18-10-. The van der Waals surface area contributed by atoms with Gasteiger partial charge in [0.05, 0.1) is 5.56 Å². The van der Waals surface area contributed by atoms with E-state index in [1.807, 2.05) is 36.4 Å². The number of ether oxygens (including phenoxy) is 2. The van der Waals surface area contributed by atoms with Gasteiger partial charge < -0.3 is 9.47 Å². The highest BCUT2D eigenvalue weighted by Gasteiger charge is 2.29. The monoisotopic (exact) mass is 320 g/mol. The molecule has 0 fully saturated rings. The van der Waals surface area contributed by atoms with E-state index in [2.05, 4.69) is 0 Å². The predicted octanol–water partition coefficient (Wildman–Crippen LogP) is 4.09. The summed E-state index contributed by atoms with van der Waals surface area (Å²) in [5, 5.41) is 0. The third-order valence-corrected chi connectivity index (χ3v) is 3.63. The van der Waals surface area contributed by atoms with Gasteiger partial charge in [0, 0.05) is 12.5 Å². The Labute approximate surface area is 140 Å². The van der Waals surface area contributed by atoms with Gasteiger partial charge in [0.2, 0.25) is 5.78 Å². The van der Waals surface area contributed by atoms with Crippen LogP contribution in [-0.4, -0.2) is 11.8 Å². The van der Waals surface area contributed by atoms with Crippen LogP contribution < -0.4 is 9.47 Å². The number of rotatable bonds is 3. The summed E-state index contributed by atoms with van der Waals surface area (Å²) in [6, 6.07) is 13.0. The molecule has 0 bridgehead atoms. The molecule has 2 aromatic rings. The molecule has 3 rings (SSSR count). The van der Waals surface area contributed by atoms with E-state index in [1.165, 1.54) is 6.92 Å². The van der Waals surface area contributed by atoms with E-state index in [0.29, 0.717) is 22.6 Å². The van der Waals surface area contributed by atoms with Crippen LogP contribution in [0.4, 0.5) is 0 Å². The summed E-state index contributed by atoms with van der Waals surface area (Å²) in [7, 11) is 0. The first kappa shape index (κ1) is 15.7. The molecule has 24 heavy (non-hydrogen) atoms. The average Bonchev–Trinajstić information content (AvgIpc) is 2.88. The summed E-state index contributed by atoms with van der Waals surface area (Å²) in [4.78, 5) is 23.5. The van der Waals surface area contributed by atoms with E-state index < -0.39 is 5.97 Å². The summed E-state index contributed by atoms with van der Waals surface area (Å²) in [6.07, 6.45) is 5.31. The summed E-state index contributed by atoms with van der Waals surface area (Å²) >= 11 is 0. The Balaban J connectivity index is 1.85. The third-order valence-electron chi connectivity index (χ3n) is 3.63. The molecule has 0 aliphatic carbocycles. The van der Waals surface area contributed by atoms with Crippen LogP contribution in [0, 0.1) is 6.92 Å². The van der Waals surface area contributed by atoms with Crippen LogP contribution in [0.25, 0.3) is 6.08 Å². The largest absolute Gasteiger partial charge is 0.452 e. The number of esters is 1. The Morgan fingerprint density at radius 1 is 1.12 bits per heavy atom. The maximum Gasteiger partial charge on any atom is 0.308 e. The van der Waals surface area contributed by atoms with Gasteiger partial charge in [0.15, 0.2) is 5.76 Å². The molecule has 0 atom stereocenters. The molecule has 0 saturated carbocycles. The topological polar surface area (TPSA) is 52.6 Å². The number of allylic oxidation sites excluding steroid dienone is 3. The first-order valence-electron chi connectivity index (χ1n) is 7.54. The molecular formula is C20H16O4. The Kier molecular flexibility index (Phi) is 4.29. The first-order chi connectivity index (χ1) is 11.6. The molecule has 0 saturated heterocycles. The third kappa shape index (κ3) is 3.13. The number of ketones is 1. The smallest absolute Gasteiger partial charge is 0.308 e. The van der Waals surface area contributed by atoms with E-state index in [4.69, 9.17) is 9.47 Å². The van der Waals surface area contributed by atoms with Crippen LogP contribution in [0.15, 0.2) is 60.4 Å². The lowest BCUT2D eigenvalue weighted by Gasteiger charge is -2.08. The zero-order valence-corrected chi connectivity index (χ0v) is 13.4. The van der Waals surface area contributed by atoms with Crippen molar-refractivity contribution in [2.75, 3.05) is 0 Å². The molecule has 0 spiro atoms.